The van der Waals surface area contributed by atoms with Crippen LogP contribution in [0, 0.1) is 6.92 Å². The van der Waals surface area contributed by atoms with Crippen LogP contribution in [0.25, 0.3) is 10.7 Å². The minimum Gasteiger partial charge on any atom is -0.457 e. The summed E-state index contributed by atoms with van der Waals surface area (Å²) in [5.74, 6) is 0.834. The number of aryl methyl sites for hydroxylation is 2. The molecule has 8 nitrogen and oxygen atoms in total. The zero-order valence-corrected chi connectivity index (χ0v) is 20.8. The second-order valence-corrected chi connectivity index (χ2v) is 9.55. The minimum atomic E-state index is -0.271. The number of carbonyl (C=O) groups is 2. The number of ether oxygens (including phenoxy) is 1. The first-order valence-corrected chi connectivity index (χ1v) is 12.5. The molecule has 2 N–H and O–H groups in total. The third-order valence-electron chi connectivity index (χ3n) is 6.06. The molecule has 0 saturated heterocycles. The number of carbonyl (C=O) groups excluding carboxylic acids is 2. The third-order valence-corrected chi connectivity index (χ3v) is 7.23. The van der Waals surface area contributed by atoms with Crippen LogP contribution >= 0.6 is 11.3 Å². The quantitative estimate of drug-likeness (QED) is 0.409. The predicted octanol–water partition coefficient (Wildman–Crippen LogP) is 4.35. The highest BCUT2D eigenvalue weighted by Crippen LogP contribution is 2.30. The lowest BCUT2D eigenvalue weighted by molar-refractivity contribution is 0.0934. The number of hydrogen-bond acceptors (Lipinski definition) is 7. The molecule has 1 atom stereocenters. The number of thiazole rings is 1. The van der Waals surface area contributed by atoms with E-state index in [1.165, 1.54) is 16.9 Å². The molecule has 3 heterocycles. The van der Waals surface area contributed by atoms with E-state index in [0.29, 0.717) is 34.2 Å². The van der Waals surface area contributed by atoms with Gasteiger partial charge >= 0.3 is 0 Å². The summed E-state index contributed by atoms with van der Waals surface area (Å²) in [7, 11) is 1.56. The van der Waals surface area contributed by atoms with Crippen LogP contribution in [0.5, 0.6) is 11.5 Å². The molecule has 1 aliphatic carbocycles. The van der Waals surface area contributed by atoms with Crippen molar-refractivity contribution in [2.75, 3.05) is 7.05 Å². The van der Waals surface area contributed by atoms with E-state index in [0.717, 1.165) is 29.1 Å². The van der Waals surface area contributed by atoms with Gasteiger partial charge in [0.2, 0.25) is 0 Å². The van der Waals surface area contributed by atoms with Crippen molar-refractivity contribution in [3.8, 4) is 22.2 Å². The maximum absolute atomic E-state index is 13.1. The molecule has 5 rings (SSSR count). The zero-order chi connectivity index (χ0) is 25.1. The molecule has 182 valence electrons. The molecule has 9 heteroatoms. The molecule has 36 heavy (non-hydrogen) atoms. The topological polar surface area (TPSA) is 106 Å². The van der Waals surface area contributed by atoms with Gasteiger partial charge in [-0.05, 0) is 67.6 Å². The fraction of sp³-hybridized carbons (Fsp3) is 0.222. The number of fused-ring (bicyclic) bond motifs is 1. The second-order valence-electron chi connectivity index (χ2n) is 8.55. The van der Waals surface area contributed by atoms with E-state index >= 15 is 0 Å². The molecular weight excluding hydrogens is 474 g/mol. The number of nitrogens with zero attached hydrogens (tertiary/aromatic N) is 3. The summed E-state index contributed by atoms with van der Waals surface area (Å²) in [4.78, 5) is 38.5. The highest BCUT2D eigenvalue weighted by molar-refractivity contribution is 7.17. The molecule has 1 aliphatic rings. The van der Waals surface area contributed by atoms with Gasteiger partial charge in [0.05, 0.1) is 11.4 Å². The van der Waals surface area contributed by atoms with E-state index in [1.54, 1.807) is 31.6 Å². The van der Waals surface area contributed by atoms with Crippen molar-refractivity contribution >= 4 is 23.2 Å². The Kier molecular flexibility index (Phi) is 6.73. The van der Waals surface area contributed by atoms with Gasteiger partial charge in [-0.25, -0.2) is 4.98 Å². The van der Waals surface area contributed by atoms with Crippen molar-refractivity contribution < 1.29 is 14.3 Å². The van der Waals surface area contributed by atoms with Crippen molar-refractivity contribution in [1.29, 1.82) is 0 Å². The van der Waals surface area contributed by atoms with Crippen molar-refractivity contribution in [3.05, 3.63) is 88.3 Å². The molecule has 0 fully saturated rings. The standard InChI is InChI=1S/C27H25N5O3S/c1-16-24(36-27(31-16)22-5-3-4-11-29-22)26(34)32-19-8-6-17-7-9-20(14-18(17)13-19)35-21-10-12-30-23(15-21)25(33)28-2/h3-5,7,9-12,14-15,19H,6,8,13H2,1-2H3,(H,28,33)(H,32,34). The smallest absolute Gasteiger partial charge is 0.269 e. The lowest BCUT2D eigenvalue weighted by Gasteiger charge is -2.26. The van der Waals surface area contributed by atoms with E-state index in [2.05, 4.69) is 31.7 Å². The summed E-state index contributed by atoms with van der Waals surface area (Å²) in [6.07, 6.45) is 5.72. The van der Waals surface area contributed by atoms with E-state index in [-0.39, 0.29) is 17.9 Å². The molecule has 0 radical (unpaired) electrons. The van der Waals surface area contributed by atoms with Gasteiger partial charge < -0.3 is 15.4 Å². The summed E-state index contributed by atoms with van der Waals surface area (Å²) < 4.78 is 6.01. The van der Waals surface area contributed by atoms with Gasteiger partial charge in [-0.2, -0.15) is 0 Å². The van der Waals surface area contributed by atoms with Crippen molar-refractivity contribution in [3.63, 3.8) is 0 Å². The zero-order valence-electron chi connectivity index (χ0n) is 19.9. The molecular formula is C27H25N5O3S. The molecule has 1 aromatic carbocycles. The van der Waals surface area contributed by atoms with Gasteiger partial charge in [-0.3, -0.25) is 19.6 Å². The Hall–Kier alpha value is -4.11. The molecule has 0 aliphatic heterocycles. The van der Waals surface area contributed by atoms with Gasteiger partial charge in [0, 0.05) is 31.5 Å². The maximum Gasteiger partial charge on any atom is 0.269 e. The average molecular weight is 500 g/mol. The monoisotopic (exact) mass is 499 g/mol. The Balaban J connectivity index is 1.27. The number of rotatable bonds is 6. The first kappa shape index (κ1) is 23.6. The van der Waals surface area contributed by atoms with Crippen LogP contribution in [0.1, 0.15) is 43.4 Å². The fourth-order valence-corrected chi connectivity index (χ4v) is 5.19. The van der Waals surface area contributed by atoms with Gasteiger partial charge in [-0.1, -0.05) is 12.1 Å². The van der Waals surface area contributed by atoms with Crippen LogP contribution < -0.4 is 15.4 Å². The van der Waals surface area contributed by atoms with E-state index in [4.69, 9.17) is 4.74 Å². The normalized spacial score (nSPS) is 14.6. The lowest BCUT2D eigenvalue weighted by atomic mass is 9.88. The van der Waals surface area contributed by atoms with E-state index in [9.17, 15) is 9.59 Å². The Morgan fingerprint density at radius 3 is 2.67 bits per heavy atom. The summed E-state index contributed by atoms with van der Waals surface area (Å²) in [5, 5.41) is 6.50. The van der Waals surface area contributed by atoms with Crippen LogP contribution in [0.4, 0.5) is 0 Å². The minimum absolute atomic E-state index is 0.0147. The molecule has 4 aromatic rings. The maximum atomic E-state index is 13.1. The fourth-order valence-electron chi connectivity index (χ4n) is 4.24. The van der Waals surface area contributed by atoms with Gasteiger partial charge in [0.15, 0.2) is 0 Å². The van der Waals surface area contributed by atoms with Crippen LogP contribution in [0.3, 0.4) is 0 Å². The molecule has 1 unspecified atom stereocenters. The highest BCUT2D eigenvalue weighted by Gasteiger charge is 2.24. The van der Waals surface area contributed by atoms with Gasteiger partial charge in [0.25, 0.3) is 11.8 Å². The Morgan fingerprint density at radius 1 is 1.00 bits per heavy atom. The molecule has 3 aromatic heterocycles. The molecule has 0 saturated carbocycles. The number of amides is 2. The second kappa shape index (κ2) is 10.2. The lowest BCUT2D eigenvalue weighted by Crippen LogP contribution is -2.38. The largest absolute Gasteiger partial charge is 0.457 e. The van der Waals surface area contributed by atoms with Crippen LogP contribution in [-0.4, -0.2) is 39.9 Å². The average Bonchev–Trinajstić information content (AvgIpc) is 3.30. The first-order valence-electron chi connectivity index (χ1n) is 11.7. The molecule has 0 spiro atoms. The third kappa shape index (κ3) is 5.11. The van der Waals surface area contributed by atoms with Crippen molar-refractivity contribution in [1.82, 2.24) is 25.6 Å². The number of aromatic nitrogens is 3. The number of hydrogen-bond donors (Lipinski definition) is 2. The van der Waals surface area contributed by atoms with Gasteiger partial charge in [-0.15, -0.1) is 11.3 Å². The number of benzene rings is 1. The summed E-state index contributed by atoms with van der Waals surface area (Å²) in [6, 6.07) is 15.0. The number of nitrogens with one attached hydrogen (secondary N) is 2. The molecule has 0 bridgehead atoms. The highest BCUT2D eigenvalue weighted by atomic mass is 32.1. The number of pyridine rings is 2. The molecule has 2 amide bonds. The van der Waals surface area contributed by atoms with Crippen LogP contribution in [0.15, 0.2) is 60.9 Å². The van der Waals surface area contributed by atoms with Crippen LogP contribution in [-0.2, 0) is 12.8 Å². The Morgan fingerprint density at radius 2 is 1.86 bits per heavy atom. The Labute approximate surface area is 212 Å². The Bertz CT molecular complexity index is 1420. The van der Waals surface area contributed by atoms with Crippen molar-refractivity contribution in [2.45, 2.75) is 32.2 Å². The summed E-state index contributed by atoms with van der Waals surface area (Å²) >= 11 is 1.36. The summed E-state index contributed by atoms with van der Waals surface area (Å²) in [6.45, 7) is 1.85. The van der Waals surface area contributed by atoms with E-state index < -0.39 is 0 Å². The van der Waals surface area contributed by atoms with Crippen LogP contribution in [0.2, 0.25) is 0 Å². The summed E-state index contributed by atoms with van der Waals surface area (Å²) in [5.41, 5.74) is 4.15. The first-order chi connectivity index (χ1) is 17.5. The van der Waals surface area contributed by atoms with Crippen molar-refractivity contribution in [2.24, 2.45) is 0 Å². The predicted molar refractivity (Wildman–Crippen MR) is 138 cm³/mol. The van der Waals surface area contributed by atoms with Gasteiger partial charge in [0.1, 0.15) is 27.1 Å². The SMILES string of the molecule is CNC(=O)c1cc(Oc2ccc3c(c2)CC(NC(=O)c2sc(-c4ccccn4)nc2C)CC3)ccn1. The van der Waals surface area contributed by atoms with E-state index in [1.807, 2.05) is 37.3 Å².